The fraction of sp³-hybridized carbons (Fsp3) is 0.438. The van der Waals surface area contributed by atoms with E-state index in [4.69, 9.17) is 0 Å². The minimum Gasteiger partial charge on any atom is -0.292 e. The number of ketones is 1. The second kappa shape index (κ2) is 5.99. The number of carbonyl (C=O) groups excluding carboxylic acids is 3. The average molecular weight is 273 g/mol. The van der Waals surface area contributed by atoms with Gasteiger partial charge in [-0.15, -0.1) is 0 Å². The fourth-order valence-electron chi connectivity index (χ4n) is 2.40. The lowest BCUT2D eigenvalue weighted by molar-refractivity contribution is -0.138. The van der Waals surface area contributed by atoms with Crippen molar-refractivity contribution in [3.63, 3.8) is 0 Å². The van der Waals surface area contributed by atoms with Crippen molar-refractivity contribution in [3.8, 4) is 0 Å². The Kier molecular flexibility index (Phi) is 4.32. The standard InChI is InChI=1S/C16H19NO3/c1-3-4-12-5-7-13(8-6-12)14(18)10-17-15(19)9-11(2)16(17)20/h5-8,11H,3-4,9-10H2,1-2H3. The zero-order valence-electron chi connectivity index (χ0n) is 11.9. The maximum absolute atomic E-state index is 12.1. The van der Waals surface area contributed by atoms with Gasteiger partial charge in [-0.1, -0.05) is 44.5 Å². The molecule has 1 saturated heterocycles. The number of amides is 2. The van der Waals surface area contributed by atoms with Crippen LogP contribution in [0, 0.1) is 5.92 Å². The van der Waals surface area contributed by atoms with Crippen LogP contribution in [0.2, 0.25) is 0 Å². The van der Waals surface area contributed by atoms with Crippen LogP contribution in [-0.4, -0.2) is 29.0 Å². The van der Waals surface area contributed by atoms with E-state index < -0.39 is 0 Å². The lowest BCUT2D eigenvalue weighted by Crippen LogP contribution is -2.35. The summed E-state index contributed by atoms with van der Waals surface area (Å²) in [7, 11) is 0. The lowest BCUT2D eigenvalue weighted by Gasteiger charge is -2.13. The van der Waals surface area contributed by atoms with Crippen LogP contribution < -0.4 is 0 Å². The van der Waals surface area contributed by atoms with E-state index in [1.54, 1.807) is 19.1 Å². The van der Waals surface area contributed by atoms with Gasteiger partial charge in [0.1, 0.15) is 0 Å². The van der Waals surface area contributed by atoms with Crippen LogP contribution in [0.25, 0.3) is 0 Å². The number of benzene rings is 1. The first-order chi connectivity index (χ1) is 9.52. The van der Waals surface area contributed by atoms with Crippen LogP contribution in [0.3, 0.4) is 0 Å². The molecule has 1 aromatic rings. The summed E-state index contributed by atoms with van der Waals surface area (Å²) in [5, 5.41) is 0. The molecule has 1 aliphatic heterocycles. The van der Waals surface area contributed by atoms with Gasteiger partial charge in [-0.3, -0.25) is 19.3 Å². The van der Waals surface area contributed by atoms with Crippen LogP contribution >= 0.6 is 0 Å². The summed E-state index contributed by atoms with van der Waals surface area (Å²) >= 11 is 0. The van der Waals surface area contributed by atoms with E-state index in [1.807, 2.05) is 12.1 Å². The number of Topliss-reactive ketones (excluding diaryl/α,β-unsaturated/α-hetero) is 1. The molecule has 0 bridgehead atoms. The van der Waals surface area contributed by atoms with Crippen LogP contribution in [0.1, 0.15) is 42.6 Å². The predicted molar refractivity (Wildman–Crippen MR) is 75.3 cm³/mol. The summed E-state index contributed by atoms with van der Waals surface area (Å²) in [4.78, 5) is 36.6. The highest BCUT2D eigenvalue weighted by Gasteiger charge is 2.36. The zero-order valence-corrected chi connectivity index (χ0v) is 11.9. The minimum absolute atomic E-state index is 0.144. The Balaban J connectivity index is 2.05. The number of carbonyl (C=O) groups is 3. The van der Waals surface area contributed by atoms with Crippen LogP contribution in [0.15, 0.2) is 24.3 Å². The summed E-state index contributed by atoms with van der Waals surface area (Å²) in [6, 6.07) is 7.38. The van der Waals surface area contributed by atoms with E-state index in [9.17, 15) is 14.4 Å². The molecule has 2 rings (SSSR count). The van der Waals surface area contributed by atoms with Gasteiger partial charge in [0.2, 0.25) is 11.8 Å². The Hall–Kier alpha value is -1.97. The summed E-state index contributed by atoms with van der Waals surface area (Å²) in [5.41, 5.74) is 1.73. The molecule has 0 aromatic heterocycles. The molecule has 1 heterocycles. The van der Waals surface area contributed by atoms with Gasteiger partial charge in [0.25, 0.3) is 0 Å². The minimum atomic E-state index is -0.303. The monoisotopic (exact) mass is 273 g/mol. The highest BCUT2D eigenvalue weighted by Crippen LogP contribution is 2.19. The van der Waals surface area contributed by atoms with Gasteiger partial charge in [-0.2, -0.15) is 0 Å². The third-order valence-corrected chi connectivity index (χ3v) is 3.59. The first-order valence-corrected chi connectivity index (χ1v) is 6.99. The van der Waals surface area contributed by atoms with Gasteiger partial charge >= 0.3 is 0 Å². The molecule has 1 fully saturated rings. The second-order valence-electron chi connectivity index (χ2n) is 5.29. The first-order valence-electron chi connectivity index (χ1n) is 6.99. The van der Waals surface area contributed by atoms with E-state index in [0.29, 0.717) is 5.56 Å². The highest BCUT2D eigenvalue weighted by atomic mass is 16.2. The van der Waals surface area contributed by atoms with Crippen molar-refractivity contribution in [2.24, 2.45) is 5.92 Å². The number of rotatable bonds is 5. The Morgan fingerprint density at radius 1 is 1.25 bits per heavy atom. The molecule has 0 spiro atoms. The number of aryl methyl sites for hydroxylation is 1. The van der Waals surface area contributed by atoms with Gasteiger partial charge in [0, 0.05) is 17.9 Å². The summed E-state index contributed by atoms with van der Waals surface area (Å²) < 4.78 is 0. The molecule has 0 radical (unpaired) electrons. The van der Waals surface area contributed by atoms with E-state index in [-0.39, 0.29) is 36.5 Å². The van der Waals surface area contributed by atoms with Crippen molar-refractivity contribution in [2.45, 2.75) is 33.1 Å². The average Bonchev–Trinajstić information content (AvgIpc) is 2.66. The van der Waals surface area contributed by atoms with Crippen molar-refractivity contribution < 1.29 is 14.4 Å². The molecule has 0 saturated carbocycles. The predicted octanol–water partition coefficient (Wildman–Crippen LogP) is 2.22. The fourth-order valence-corrected chi connectivity index (χ4v) is 2.40. The van der Waals surface area contributed by atoms with E-state index in [0.717, 1.165) is 17.7 Å². The maximum Gasteiger partial charge on any atom is 0.232 e. The third kappa shape index (κ3) is 2.95. The van der Waals surface area contributed by atoms with Crippen molar-refractivity contribution in [3.05, 3.63) is 35.4 Å². The lowest BCUT2D eigenvalue weighted by atomic mass is 10.1. The van der Waals surface area contributed by atoms with Gasteiger partial charge in [-0.05, 0) is 12.0 Å². The van der Waals surface area contributed by atoms with Crippen LogP contribution in [0.4, 0.5) is 0 Å². The molecule has 1 atom stereocenters. The summed E-state index contributed by atoms with van der Waals surface area (Å²) in [6.45, 7) is 3.67. The van der Waals surface area contributed by atoms with E-state index in [1.165, 1.54) is 5.56 Å². The molecule has 106 valence electrons. The molecule has 4 heteroatoms. The van der Waals surface area contributed by atoms with E-state index in [2.05, 4.69) is 6.92 Å². The Morgan fingerprint density at radius 2 is 1.90 bits per heavy atom. The maximum atomic E-state index is 12.1. The molecular formula is C16H19NO3. The van der Waals surface area contributed by atoms with Gasteiger partial charge in [0.15, 0.2) is 5.78 Å². The van der Waals surface area contributed by atoms with Gasteiger partial charge in [0.05, 0.1) is 6.54 Å². The molecule has 2 amide bonds. The topological polar surface area (TPSA) is 54.5 Å². The molecule has 20 heavy (non-hydrogen) atoms. The normalized spacial score (nSPS) is 18.7. The van der Waals surface area contributed by atoms with Crippen molar-refractivity contribution >= 4 is 17.6 Å². The Morgan fingerprint density at radius 3 is 2.40 bits per heavy atom. The third-order valence-electron chi connectivity index (χ3n) is 3.59. The smallest absolute Gasteiger partial charge is 0.232 e. The number of hydrogen-bond acceptors (Lipinski definition) is 3. The SMILES string of the molecule is CCCc1ccc(C(=O)CN2C(=O)CC(C)C2=O)cc1. The van der Waals surface area contributed by atoms with Crippen LogP contribution in [0.5, 0.6) is 0 Å². The van der Waals surface area contributed by atoms with Gasteiger partial charge < -0.3 is 0 Å². The zero-order chi connectivity index (χ0) is 14.7. The van der Waals surface area contributed by atoms with Gasteiger partial charge in [-0.25, -0.2) is 0 Å². The summed E-state index contributed by atoms with van der Waals surface area (Å²) in [6.07, 6.45) is 2.25. The summed E-state index contributed by atoms with van der Waals surface area (Å²) in [5.74, 6) is -0.990. The van der Waals surface area contributed by atoms with E-state index >= 15 is 0 Å². The molecular weight excluding hydrogens is 254 g/mol. The number of imide groups is 1. The second-order valence-corrected chi connectivity index (χ2v) is 5.29. The first kappa shape index (κ1) is 14.4. The Bertz CT molecular complexity index is 533. The molecule has 1 unspecified atom stereocenters. The highest BCUT2D eigenvalue weighted by molar-refractivity contribution is 6.08. The molecule has 4 nitrogen and oxygen atoms in total. The van der Waals surface area contributed by atoms with Crippen LogP contribution in [-0.2, 0) is 16.0 Å². The van der Waals surface area contributed by atoms with Crippen molar-refractivity contribution in [2.75, 3.05) is 6.54 Å². The van der Waals surface area contributed by atoms with Crippen molar-refractivity contribution in [1.29, 1.82) is 0 Å². The Labute approximate surface area is 118 Å². The molecule has 0 aliphatic carbocycles. The number of hydrogen-bond donors (Lipinski definition) is 0. The molecule has 0 N–H and O–H groups in total. The number of nitrogens with zero attached hydrogens (tertiary/aromatic N) is 1. The number of likely N-dealkylation sites (tertiary alicyclic amines) is 1. The largest absolute Gasteiger partial charge is 0.292 e. The quantitative estimate of drug-likeness (QED) is 0.610. The molecule has 1 aromatic carbocycles. The molecule has 1 aliphatic rings. The van der Waals surface area contributed by atoms with Crippen molar-refractivity contribution in [1.82, 2.24) is 4.90 Å².